The molecular formula is C23H24F3N3O3. The molecule has 2 aromatic rings. The van der Waals surface area contributed by atoms with E-state index in [1.165, 1.54) is 11.1 Å². The Labute approximate surface area is 183 Å². The molecule has 1 aliphatic carbocycles. The van der Waals surface area contributed by atoms with Gasteiger partial charge in [-0.05, 0) is 48.9 Å². The lowest BCUT2D eigenvalue weighted by molar-refractivity contribution is -0.384. The molecule has 2 aliphatic rings. The maximum absolute atomic E-state index is 13.1. The van der Waals surface area contributed by atoms with Gasteiger partial charge >= 0.3 is 6.18 Å². The third kappa shape index (κ3) is 4.16. The molecule has 6 nitrogen and oxygen atoms in total. The van der Waals surface area contributed by atoms with Crippen molar-refractivity contribution < 1.29 is 22.9 Å². The molecule has 1 amide bonds. The SMILES string of the molecule is CN(C(=O)C1CCN(c2ccc(C(F)(F)F)cc2[N+](=O)[O-])CC1)[C@@H]1CCc2ccccc21. The van der Waals surface area contributed by atoms with Gasteiger partial charge in [0.2, 0.25) is 5.91 Å². The fourth-order valence-corrected chi connectivity index (χ4v) is 4.86. The summed E-state index contributed by atoms with van der Waals surface area (Å²) in [6, 6.07) is 10.8. The van der Waals surface area contributed by atoms with Crippen LogP contribution in [0.2, 0.25) is 0 Å². The Balaban J connectivity index is 1.44. The fourth-order valence-electron chi connectivity index (χ4n) is 4.86. The Hall–Kier alpha value is -3.10. The summed E-state index contributed by atoms with van der Waals surface area (Å²) < 4.78 is 38.9. The maximum Gasteiger partial charge on any atom is 0.416 e. The number of anilines is 1. The lowest BCUT2D eigenvalue weighted by atomic mass is 9.93. The van der Waals surface area contributed by atoms with Gasteiger partial charge in [0.1, 0.15) is 5.69 Å². The van der Waals surface area contributed by atoms with Crippen molar-refractivity contribution in [3.63, 3.8) is 0 Å². The highest BCUT2D eigenvalue weighted by Gasteiger charge is 2.36. The normalized spacial score (nSPS) is 19.0. The van der Waals surface area contributed by atoms with Gasteiger partial charge in [-0.15, -0.1) is 0 Å². The largest absolute Gasteiger partial charge is 0.416 e. The van der Waals surface area contributed by atoms with E-state index in [1.54, 1.807) is 4.90 Å². The Kier molecular flexibility index (Phi) is 5.83. The first-order valence-electron chi connectivity index (χ1n) is 10.6. The van der Waals surface area contributed by atoms with Crippen LogP contribution < -0.4 is 4.90 Å². The molecule has 1 heterocycles. The molecule has 0 bridgehead atoms. The van der Waals surface area contributed by atoms with Crippen LogP contribution in [0.4, 0.5) is 24.5 Å². The Morgan fingerprint density at radius 3 is 2.47 bits per heavy atom. The average molecular weight is 447 g/mol. The van der Waals surface area contributed by atoms with Gasteiger partial charge in [-0.3, -0.25) is 14.9 Å². The number of carbonyl (C=O) groups is 1. The lowest BCUT2D eigenvalue weighted by Gasteiger charge is -2.36. The monoisotopic (exact) mass is 447 g/mol. The Morgan fingerprint density at radius 1 is 1.12 bits per heavy atom. The standard InChI is InChI=1S/C23H24F3N3O3/c1-27(19-8-6-15-4-2-3-5-18(15)19)22(30)16-10-12-28(13-11-16)20-9-7-17(23(24,25)26)14-21(20)29(31)32/h2-5,7,9,14,16,19H,6,8,10-13H2,1H3/t19-/m1/s1. The molecule has 0 saturated carbocycles. The summed E-state index contributed by atoms with van der Waals surface area (Å²) in [7, 11) is 1.82. The van der Waals surface area contributed by atoms with E-state index < -0.39 is 22.4 Å². The summed E-state index contributed by atoms with van der Waals surface area (Å²) in [5.41, 5.74) is 0.996. The van der Waals surface area contributed by atoms with Gasteiger partial charge in [0.25, 0.3) is 5.69 Å². The summed E-state index contributed by atoms with van der Waals surface area (Å²) in [6.07, 6.45) is -1.83. The first-order chi connectivity index (χ1) is 15.2. The molecular weight excluding hydrogens is 423 g/mol. The number of piperidine rings is 1. The predicted molar refractivity (Wildman–Crippen MR) is 113 cm³/mol. The van der Waals surface area contributed by atoms with Gasteiger partial charge in [-0.1, -0.05) is 24.3 Å². The zero-order chi connectivity index (χ0) is 23.0. The first kappa shape index (κ1) is 22.1. The third-order valence-electron chi connectivity index (χ3n) is 6.60. The van der Waals surface area contributed by atoms with E-state index in [-0.39, 0.29) is 23.6 Å². The number of amides is 1. The number of hydrogen-bond donors (Lipinski definition) is 0. The van der Waals surface area contributed by atoms with Crippen molar-refractivity contribution in [3.8, 4) is 0 Å². The van der Waals surface area contributed by atoms with E-state index in [4.69, 9.17) is 0 Å². The molecule has 1 saturated heterocycles. The molecule has 0 aromatic heterocycles. The smallest absolute Gasteiger partial charge is 0.366 e. The highest BCUT2D eigenvalue weighted by atomic mass is 19.4. The van der Waals surface area contributed by atoms with Gasteiger partial charge in [0.15, 0.2) is 0 Å². The number of carbonyl (C=O) groups excluding carboxylic acids is 1. The zero-order valence-electron chi connectivity index (χ0n) is 17.6. The summed E-state index contributed by atoms with van der Waals surface area (Å²) in [4.78, 5) is 27.3. The minimum absolute atomic E-state index is 0.0488. The van der Waals surface area contributed by atoms with Crippen LogP contribution in [0.1, 0.15) is 42.0 Å². The molecule has 9 heteroatoms. The predicted octanol–water partition coefficient (Wildman–Crippen LogP) is 4.98. The molecule has 1 aliphatic heterocycles. The van der Waals surface area contributed by atoms with Gasteiger partial charge in [0.05, 0.1) is 16.5 Å². The number of rotatable bonds is 4. The summed E-state index contributed by atoms with van der Waals surface area (Å²) in [5.74, 6) is -0.161. The first-order valence-corrected chi connectivity index (χ1v) is 10.6. The molecule has 0 N–H and O–H groups in total. The quantitative estimate of drug-likeness (QED) is 0.490. The number of hydrogen-bond acceptors (Lipinski definition) is 4. The molecule has 0 unspecified atom stereocenters. The highest BCUT2D eigenvalue weighted by molar-refractivity contribution is 5.80. The highest BCUT2D eigenvalue weighted by Crippen LogP contribution is 2.39. The molecule has 1 fully saturated rings. The van der Waals surface area contributed by atoms with Crippen molar-refractivity contribution >= 4 is 17.3 Å². The minimum atomic E-state index is -4.65. The van der Waals surface area contributed by atoms with Crippen LogP contribution in [-0.2, 0) is 17.4 Å². The number of fused-ring (bicyclic) bond motifs is 1. The number of halogens is 3. The van der Waals surface area contributed by atoms with Crippen molar-refractivity contribution in [1.29, 1.82) is 0 Å². The number of nitro groups is 1. The zero-order valence-corrected chi connectivity index (χ0v) is 17.6. The summed E-state index contributed by atoms with van der Waals surface area (Å²) in [5, 5.41) is 11.4. The number of nitrogens with zero attached hydrogens (tertiary/aromatic N) is 3. The van der Waals surface area contributed by atoms with E-state index in [0.717, 1.165) is 25.0 Å². The third-order valence-corrected chi connectivity index (χ3v) is 6.60. The van der Waals surface area contributed by atoms with Crippen molar-refractivity contribution in [2.24, 2.45) is 5.92 Å². The van der Waals surface area contributed by atoms with E-state index in [1.807, 2.05) is 24.1 Å². The van der Waals surface area contributed by atoms with Gasteiger partial charge in [0, 0.05) is 32.1 Å². The van der Waals surface area contributed by atoms with Gasteiger partial charge in [-0.25, -0.2) is 0 Å². The topological polar surface area (TPSA) is 66.7 Å². The van der Waals surface area contributed by atoms with Crippen LogP contribution in [-0.4, -0.2) is 35.9 Å². The van der Waals surface area contributed by atoms with Crippen molar-refractivity contribution in [1.82, 2.24) is 4.90 Å². The Bertz CT molecular complexity index is 1030. The van der Waals surface area contributed by atoms with E-state index in [2.05, 4.69) is 12.1 Å². The van der Waals surface area contributed by atoms with Crippen LogP contribution in [0.5, 0.6) is 0 Å². The number of benzene rings is 2. The van der Waals surface area contributed by atoms with Crippen molar-refractivity contribution in [3.05, 3.63) is 69.3 Å². The molecule has 4 rings (SSSR count). The second-order valence-corrected chi connectivity index (χ2v) is 8.42. The Morgan fingerprint density at radius 2 is 1.81 bits per heavy atom. The molecule has 0 radical (unpaired) electrons. The van der Waals surface area contributed by atoms with E-state index in [9.17, 15) is 28.1 Å². The van der Waals surface area contributed by atoms with E-state index in [0.29, 0.717) is 32.0 Å². The fraction of sp³-hybridized carbons (Fsp3) is 0.435. The molecule has 32 heavy (non-hydrogen) atoms. The number of alkyl halides is 3. The number of aryl methyl sites for hydroxylation is 1. The number of nitro benzene ring substituents is 1. The van der Waals surface area contributed by atoms with Gasteiger partial charge < -0.3 is 9.80 Å². The molecule has 2 aromatic carbocycles. The second kappa shape index (κ2) is 8.44. The van der Waals surface area contributed by atoms with Crippen molar-refractivity contribution in [2.45, 2.75) is 37.9 Å². The average Bonchev–Trinajstić information content (AvgIpc) is 3.21. The second-order valence-electron chi connectivity index (χ2n) is 8.42. The molecule has 170 valence electrons. The minimum Gasteiger partial charge on any atom is -0.366 e. The van der Waals surface area contributed by atoms with Crippen molar-refractivity contribution in [2.75, 3.05) is 25.0 Å². The van der Waals surface area contributed by atoms with Crippen LogP contribution in [0.25, 0.3) is 0 Å². The summed E-state index contributed by atoms with van der Waals surface area (Å²) >= 11 is 0. The molecule has 1 atom stereocenters. The maximum atomic E-state index is 13.1. The van der Waals surface area contributed by atoms with Crippen LogP contribution in [0, 0.1) is 16.0 Å². The lowest BCUT2D eigenvalue weighted by Crippen LogP contribution is -2.42. The van der Waals surface area contributed by atoms with Crippen LogP contribution in [0.3, 0.4) is 0 Å². The van der Waals surface area contributed by atoms with E-state index >= 15 is 0 Å². The van der Waals surface area contributed by atoms with Crippen LogP contribution in [0.15, 0.2) is 42.5 Å². The van der Waals surface area contributed by atoms with Crippen LogP contribution >= 0.6 is 0 Å². The summed E-state index contributed by atoms with van der Waals surface area (Å²) in [6.45, 7) is 0.745. The van der Waals surface area contributed by atoms with Gasteiger partial charge in [-0.2, -0.15) is 13.2 Å². The molecule has 0 spiro atoms.